The van der Waals surface area contributed by atoms with Gasteiger partial charge in [-0.05, 0) is 31.5 Å². The summed E-state index contributed by atoms with van der Waals surface area (Å²) in [5.41, 5.74) is 7.27. The number of hydrogen-bond acceptors (Lipinski definition) is 1. The first-order valence-corrected chi connectivity index (χ1v) is 4.66. The van der Waals surface area contributed by atoms with Gasteiger partial charge in [-0.1, -0.05) is 43.3 Å². The molecular formula is C12H19N. The summed E-state index contributed by atoms with van der Waals surface area (Å²) in [6.07, 6.45) is 5.34. The van der Waals surface area contributed by atoms with Gasteiger partial charge in [0.1, 0.15) is 0 Å². The highest BCUT2D eigenvalue weighted by atomic mass is 14.4. The molecule has 0 atom stereocenters. The molecule has 0 aromatic heterocycles. The highest BCUT2D eigenvalue weighted by Gasteiger charge is 1.92. The van der Waals surface area contributed by atoms with E-state index >= 15 is 0 Å². The van der Waals surface area contributed by atoms with Crippen molar-refractivity contribution < 1.29 is 0 Å². The van der Waals surface area contributed by atoms with Crippen LogP contribution in [0, 0.1) is 0 Å². The van der Waals surface area contributed by atoms with Crippen LogP contribution < -0.4 is 5.73 Å². The molecule has 0 aliphatic heterocycles. The molecule has 0 aliphatic rings. The van der Waals surface area contributed by atoms with Crippen LogP contribution in [0.1, 0.15) is 25.0 Å². The Morgan fingerprint density at radius 1 is 1.23 bits per heavy atom. The van der Waals surface area contributed by atoms with Gasteiger partial charge in [-0.3, -0.25) is 0 Å². The number of rotatable bonds is 2. The minimum atomic E-state index is 1.11. The quantitative estimate of drug-likeness (QED) is 0.738. The minimum absolute atomic E-state index is 1.11. The third kappa shape index (κ3) is 3.90. The Morgan fingerprint density at radius 3 is 2.38 bits per heavy atom. The van der Waals surface area contributed by atoms with E-state index in [1.165, 1.54) is 18.2 Å². The molecule has 1 aromatic rings. The molecule has 0 bridgehead atoms. The third-order valence-electron chi connectivity index (χ3n) is 1.78. The van der Waals surface area contributed by atoms with Crippen LogP contribution in [0.15, 0.2) is 30.3 Å². The number of hydrogen-bond donors (Lipinski definition) is 1. The topological polar surface area (TPSA) is 26.0 Å². The van der Waals surface area contributed by atoms with Crippen molar-refractivity contribution in [2.75, 3.05) is 7.05 Å². The largest absolute Gasteiger partial charge is 0.333 e. The Morgan fingerprint density at radius 2 is 1.85 bits per heavy atom. The molecule has 1 rings (SSSR count). The molecule has 0 aliphatic carbocycles. The van der Waals surface area contributed by atoms with E-state index < -0.39 is 0 Å². The Labute approximate surface area is 81.3 Å². The molecule has 1 aromatic carbocycles. The molecule has 0 heterocycles. The van der Waals surface area contributed by atoms with E-state index in [9.17, 15) is 0 Å². The average molecular weight is 177 g/mol. The maximum atomic E-state index is 4.50. The Kier molecular flexibility index (Phi) is 6.93. The molecule has 2 N–H and O–H groups in total. The van der Waals surface area contributed by atoms with Crippen LogP contribution in [0.3, 0.4) is 0 Å². The number of allylic oxidation sites excluding steroid dienone is 1. The molecular weight excluding hydrogens is 158 g/mol. The summed E-state index contributed by atoms with van der Waals surface area (Å²) in [4.78, 5) is 0. The predicted molar refractivity (Wildman–Crippen MR) is 60.6 cm³/mol. The maximum Gasteiger partial charge on any atom is -0.0195 e. The number of nitrogens with two attached hydrogens (primary N) is 1. The van der Waals surface area contributed by atoms with Crippen LogP contribution in [0.2, 0.25) is 0 Å². The highest BCUT2D eigenvalue weighted by Crippen LogP contribution is 2.10. The normalized spacial score (nSPS) is 9.54. The lowest BCUT2D eigenvalue weighted by Crippen LogP contribution is -1.83. The molecule has 0 radical (unpaired) electrons. The van der Waals surface area contributed by atoms with Crippen LogP contribution in [0.5, 0.6) is 0 Å². The summed E-state index contributed by atoms with van der Waals surface area (Å²) >= 11 is 0. The van der Waals surface area contributed by atoms with Gasteiger partial charge < -0.3 is 5.73 Å². The summed E-state index contributed by atoms with van der Waals surface area (Å²) in [5.74, 6) is 0. The summed E-state index contributed by atoms with van der Waals surface area (Å²) < 4.78 is 0. The van der Waals surface area contributed by atoms with E-state index in [4.69, 9.17) is 0 Å². The second-order valence-electron chi connectivity index (χ2n) is 2.55. The smallest absolute Gasteiger partial charge is 0.0195 e. The molecule has 13 heavy (non-hydrogen) atoms. The summed E-state index contributed by atoms with van der Waals surface area (Å²) in [7, 11) is 1.50. The third-order valence-corrected chi connectivity index (χ3v) is 1.78. The predicted octanol–water partition coefficient (Wildman–Crippen LogP) is 2.86. The first kappa shape index (κ1) is 11.9. The first-order valence-electron chi connectivity index (χ1n) is 4.66. The zero-order valence-corrected chi connectivity index (χ0v) is 8.75. The van der Waals surface area contributed by atoms with Gasteiger partial charge in [0.25, 0.3) is 0 Å². The molecule has 1 nitrogen and oxygen atoms in total. The monoisotopic (exact) mass is 177 g/mol. The van der Waals surface area contributed by atoms with Crippen molar-refractivity contribution in [3.05, 3.63) is 41.5 Å². The van der Waals surface area contributed by atoms with Crippen LogP contribution in [0.4, 0.5) is 0 Å². The van der Waals surface area contributed by atoms with Crippen molar-refractivity contribution in [1.29, 1.82) is 0 Å². The van der Waals surface area contributed by atoms with Crippen molar-refractivity contribution in [3.8, 4) is 0 Å². The zero-order chi connectivity index (χ0) is 10.1. The van der Waals surface area contributed by atoms with Gasteiger partial charge >= 0.3 is 0 Å². The van der Waals surface area contributed by atoms with Crippen LogP contribution in [0.25, 0.3) is 6.08 Å². The maximum absolute atomic E-state index is 4.50. The molecule has 0 spiro atoms. The molecule has 0 saturated heterocycles. The fraction of sp³-hybridized carbons (Fsp3) is 0.333. The van der Waals surface area contributed by atoms with Gasteiger partial charge in [-0.2, -0.15) is 0 Å². The lowest BCUT2D eigenvalue weighted by Gasteiger charge is -2.00. The lowest BCUT2D eigenvalue weighted by atomic mass is 10.1. The number of aryl methyl sites for hydroxylation is 1. The second kappa shape index (κ2) is 7.56. The van der Waals surface area contributed by atoms with E-state index in [1.54, 1.807) is 0 Å². The highest BCUT2D eigenvalue weighted by molar-refractivity contribution is 5.53. The van der Waals surface area contributed by atoms with Gasteiger partial charge in [0, 0.05) is 0 Å². The van der Waals surface area contributed by atoms with E-state index in [2.05, 4.69) is 49.1 Å². The minimum Gasteiger partial charge on any atom is -0.333 e. The summed E-state index contributed by atoms with van der Waals surface area (Å²) in [5, 5.41) is 0. The Bertz CT molecular complexity index is 251. The lowest BCUT2D eigenvalue weighted by molar-refractivity contribution is 1.13. The zero-order valence-electron chi connectivity index (χ0n) is 8.75. The average Bonchev–Trinajstić information content (AvgIpc) is 2.22. The van der Waals surface area contributed by atoms with E-state index in [0.29, 0.717) is 0 Å². The fourth-order valence-electron chi connectivity index (χ4n) is 1.20. The Balaban J connectivity index is 0.000000671. The van der Waals surface area contributed by atoms with E-state index in [-0.39, 0.29) is 0 Å². The van der Waals surface area contributed by atoms with Gasteiger partial charge in [0.15, 0.2) is 0 Å². The SMILES string of the molecule is C/C=C\c1ccccc1CC.CN. The van der Waals surface area contributed by atoms with Crippen molar-refractivity contribution in [2.45, 2.75) is 20.3 Å². The Hall–Kier alpha value is -1.08. The van der Waals surface area contributed by atoms with Crippen molar-refractivity contribution in [2.24, 2.45) is 5.73 Å². The van der Waals surface area contributed by atoms with Crippen LogP contribution >= 0.6 is 0 Å². The second-order valence-corrected chi connectivity index (χ2v) is 2.55. The van der Waals surface area contributed by atoms with Crippen molar-refractivity contribution >= 4 is 6.08 Å². The molecule has 0 fully saturated rings. The van der Waals surface area contributed by atoms with Crippen LogP contribution in [-0.2, 0) is 6.42 Å². The molecule has 1 heteroatoms. The van der Waals surface area contributed by atoms with E-state index in [0.717, 1.165) is 6.42 Å². The van der Waals surface area contributed by atoms with Gasteiger partial charge in [-0.25, -0.2) is 0 Å². The molecule has 72 valence electrons. The molecule has 0 unspecified atom stereocenters. The standard InChI is InChI=1S/C11H14.CH5N/c1-3-7-11-9-6-5-8-10(11)4-2;1-2/h3,5-9H,4H2,1-2H3;2H2,1H3/b7-3-;. The van der Waals surface area contributed by atoms with Crippen LogP contribution in [-0.4, -0.2) is 7.05 Å². The first-order chi connectivity index (χ1) is 6.38. The number of benzene rings is 1. The van der Waals surface area contributed by atoms with Crippen molar-refractivity contribution in [1.82, 2.24) is 0 Å². The summed E-state index contributed by atoms with van der Waals surface area (Å²) in [6.45, 7) is 4.23. The van der Waals surface area contributed by atoms with E-state index in [1.807, 2.05) is 6.92 Å². The molecule has 0 saturated carbocycles. The fourth-order valence-corrected chi connectivity index (χ4v) is 1.20. The molecule has 0 amide bonds. The van der Waals surface area contributed by atoms with Gasteiger partial charge in [-0.15, -0.1) is 0 Å². The van der Waals surface area contributed by atoms with Gasteiger partial charge in [0.05, 0.1) is 0 Å². The van der Waals surface area contributed by atoms with Crippen molar-refractivity contribution in [3.63, 3.8) is 0 Å². The van der Waals surface area contributed by atoms with Gasteiger partial charge in [0.2, 0.25) is 0 Å². The summed E-state index contributed by atoms with van der Waals surface area (Å²) in [6, 6.07) is 8.49.